The minimum Gasteiger partial charge on any atom is -0.326 e. The maximum atomic E-state index is 13.1. The van der Waals surface area contributed by atoms with Crippen LogP contribution in [0.3, 0.4) is 0 Å². The van der Waals surface area contributed by atoms with Crippen LogP contribution in [-0.2, 0) is 14.8 Å². The van der Waals surface area contributed by atoms with Crippen LogP contribution >= 0.6 is 0 Å². The first-order valence-corrected chi connectivity index (χ1v) is 11.0. The van der Waals surface area contributed by atoms with Gasteiger partial charge in [-0.05, 0) is 61.4 Å². The van der Waals surface area contributed by atoms with Crippen LogP contribution in [-0.4, -0.2) is 41.9 Å². The zero-order chi connectivity index (χ0) is 22.0. The van der Waals surface area contributed by atoms with Gasteiger partial charge >= 0.3 is 5.76 Å². The molecule has 1 atom stereocenters. The van der Waals surface area contributed by atoms with Gasteiger partial charge in [0, 0.05) is 24.3 Å². The van der Waals surface area contributed by atoms with Crippen molar-refractivity contribution in [2.75, 3.05) is 18.4 Å². The lowest BCUT2D eigenvalue weighted by atomic mass is 9.98. The van der Waals surface area contributed by atoms with Gasteiger partial charge in [-0.3, -0.25) is 14.3 Å². The molecule has 1 saturated heterocycles. The van der Waals surface area contributed by atoms with Crippen LogP contribution in [0.5, 0.6) is 0 Å². The van der Waals surface area contributed by atoms with E-state index in [4.69, 9.17) is 0 Å². The molecule has 0 aliphatic carbocycles. The van der Waals surface area contributed by atoms with Gasteiger partial charge in [0.2, 0.25) is 15.9 Å². The number of piperidine rings is 1. The molecule has 0 bridgehead atoms. The van der Waals surface area contributed by atoms with Crippen molar-refractivity contribution in [2.45, 2.75) is 17.7 Å². The summed E-state index contributed by atoms with van der Waals surface area (Å²) in [6, 6.07) is 11.3. The highest BCUT2D eigenvalue weighted by atomic mass is 32.2. The van der Waals surface area contributed by atoms with Crippen LogP contribution in [0.2, 0.25) is 0 Å². The highest BCUT2D eigenvalue weighted by molar-refractivity contribution is 7.89. The Hall–Kier alpha value is -3.31. The van der Waals surface area contributed by atoms with Crippen molar-refractivity contribution in [3.05, 3.63) is 64.9 Å². The third-order valence-electron chi connectivity index (χ3n) is 5.07. The second-order valence-corrected chi connectivity index (χ2v) is 9.10. The largest absolute Gasteiger partial charge is 0.439 e. The third kappa shape index (κ3) is 4.57. The predicted octanol–water partition coefficient (Wildman–Crippen LogP) is 2.21. The van der Waals surface area contributed by atoms with Gasteiger partial charge in [-0.2, -0.15) is 4.31 Å². The Bertz CT molecular complexity index is 1240. The van der Waals surface area contributed by atoms with E-state index in [1.54, 1.807) is 24.3 Å². The number of nitrogens with zero attached hydrogens (tertiary/aromatic N) is 2. The molecular weight excluding hydrogens is 427 g/mol. The first-order valence-electron chi connectivity index (χ1n) is 9.56. The quantitative estimate of drug-likeness (QED) is 0.619. The zero-order valence-corrected chi connectivity index (χ0v) is 17.1. The van der Waals surface area contributed by atoms with E-state index < -0.39 is 27.5 Å². The number of halogens is 1. The minimum atomic E-state index is -3.81. The molecule has 1 aromatic heterocycles. The average Bonchev–Trinajstić information content (AvgIpc) is 3.21. The van der Waals surface area contributed by atoms with Crippen molar-refractivity contribution in [2.24, 2.45) is 5.92 Å². The summed E-state index contributed by atoms with van der Waals surface area (Å²) in [6.45, 7) is 0.345. The first kappa shape index (κ1) is 20.9. The number of nitrogens with one attached hydrogen (secondary N) is 2. The van der Waals surface area contributed by atoms with E-state index in [2.05, 4.69) is 20.0 Å². The predicted molar refractivity (Wildman–Crippen MR) is 109 cm³/mol. The number of aromatic nitrogens is 2. The number of anilines is 1. The second kappa shape index (κ2) is 8.44. The fraction of sp³-hybridized carbons (Fsp3) is 0.250. The minimum absolute atomic E-state index is 0.00329. The van der Waals surface area contributed by atoms with E-state index in [0.29, 0.717) is 30.6 Å². The molecule has 162 valence electrons. The number of H-pyrrole nitrogens is 1. The SMILES string of the molecule is O=C(Nc1ccc(-c2noc(=O)[nH]2)cc1)[C@H]1CCCN(S(=O)(=O)c2ccc(F)cc2)C1. The number of amides is 1. The van der Waals surface area contributed by atoms with Crippen LogP contribution in [0.1, 0.15) is 12.8 Å². The van der Waals surface area contributed by atoms with Crippen LogP contribution in [0, 0.1) is 11.7 Å². The maximum absolute atomic E-state index is 13.1. The summed E-state index contributed by atoms with van der Waals surface area (Å²) in [4.78, 5) is 26.2. The molecule has 0 spiro atoms. The lowest BCUT2D eigenvalue weighted by Crippen LogP contribution is -2.43. The molecule has 1 aliphatic rings. The summed E-state index contributed by atoms with van der Waals surface area (Å²) in [5.74, 6) is -1.71. The Labute approximate surface area is 176 Å². The summed E-state index contributed by atoms with van der Waals surface area (Å²) in [5, 5.41) is 6.39. The Morgan fingerprint density at radius 1 is 1.16 bits per heavy atom. The highest BCUT2D eigenvalue weighted by Gasteiger charge is 2.33. The molecule has 0 unspecified atom stereocenters. The molecular formula is C20H19FN4O5S. The van der Waals surface area contributed by atoms with Crippen molar-refractivity contribution >= 4 is 21.6 Å². The number of benzene rings is 2. The van der Waals surface area contributed by atoms with Gasteiger partial charge in [0.1, 0.15) is 5.82 Å². The fourth-order valence-corrected chi connectivity index (χ4v) is 4.96. The second-order valence-electron chi connectivity index (χ2n) is 7.17. The molecule has 0 saturated carbocycles. The Morgan fingerprint density at radius 2 is 1.87 bits per heavy atom. The normalized spacial score (nSPS) is 17.4. The Kier molecular flexibility index (Phi) is 5.70. The Balaban J connectivity index is 1.43. The van der Waals surface area contributed by atoms with Crippen LogP contribution in [0.25, 0.3) is 11.4 Å². The molecule has 1 aliphatic heterocycles. The Morgan fingerprint density at radius 3 is 2.52 bits per heavy atom. The van der Waals surface area contributed by atoms with Gasteiger partial charge < -0.3 is 5.32 Å². The summed E-state index contributed by atoms with van der Waals surface area (Å²) >= 11 is 0. The van der Waals surface area contributed by atoms with Gasteiger partial charge in [0.05, 0.1) is 10.8 Å². The molecule has 3 aromatic rings. The molecule has 31 heavy (non-hydrogen) atoms. The molecule has 1 fully saturated rings. The number of hydrogen-bond acceptors (Lipinski definition) is 6. The number of carbonyl (C=O) groups excluding carboxylic acids is 1. The summed E-state index contributed by atoms with van der Waals surface area (Å²) in [7, 11) is -3.81. The smallest absolute Gasteiger partial charge is 0.326 e. The highest BCUT2D eigenvalue weighted by Crippen LogP contribution is 2.25. The molecule has 9 nitrogen and oxygen atoms in total. The van der Waals surface area contributed by atoms with E-state index >= 15 is 0 Å². The molecule has 2 aromatic carbocycles. The number of rotatable bonds is 5. The van der Waals surface area contributed by atoms with Gasteiger partial charge in [0.25, 0.3) is 0 Å². The summed E-state index contributed by atoms with van der Waals surface area (Å²) in [6.07, 6.45) is 1.09. The third-order valence-corrected chi connectivity index (χ3v) is 6.95. The van der Waals surface area contributed by atoms with Crippen LogP contribution < -0.4 is 11.1 Å². The van der Waals surface area contributed by atoms with Crippen molar-refractivity contribution in [1.82, 2.24) is 14.4 Å². The zero-order valence-electron chi connectivity index (χ0n) is 16.2. The first-order chi connectivity index (χ1) is 14.8. The van der Waals surface area contributed by atoms with Gasteiger partial charge in [-0.25, -0.2) is 17.6 Å². The lowest BCUT2D eigenvalue weighted by Gasteiger charge is -2.31. The molecule has 0 radical (unpaired) electrons. The molecule has 4 rings (SSSR count). The number of carbonyl (C=O) groups is 1. The number of hydrogen-bond donors (Lipinski definition) is 2. The average molecular weight is 446 g/mol. The molecule has 1 amide bonds. The van der Waals surface area contributed by atoms with E-state index in [0.717, 1.165) is 12.1 Å². The van der Waals surface area contributed by atoms with Gasteiger partial charge in [0.15, 0.2) is 5.82 Å². The van der Waals surface area contributed by atoms with Gasteiger partial charge in [-0.1, -0.05) is 5.16 Å². The lowest BCUT2D eigenvalue weighted by molar-refractivity contribution is -0.120. The molecule has 11 heteroatoms. The maximum Gasteiger partial charge on any atom is 0.439 e. The van der Waals surface area contributed by atoms with Crippen molar-refractivity contribution in [3.8, 4) is 11.4 Å². The summed E-state index contributed by atoms with van der Waals surface area (Å²) in [5.41, 5.74) is 1.14. The van der Waals surface area contributed by atoms with E-state index in [-0.39, 0.29) is 23.2 Å². The summed E-state index contributed by atoms with van der Waals surface area (Å²) < 4.78 is 44.5. The molecule has 2 heterocycles. The number of aromatic amines is 1. The fourth-order valence-electron chi connectivity index (χ4n) is 3.44. The monoisotopic (exact) mass is 446 g/mol. The van der Waals surface area contributed by atoms with Crippen molar-refractivity contribution < 1.29 is 22.1 Å². The molecule has 2 N–H and O–H groups in total. The van der Waals surface area contributed by atoms with Crippen molar-refractivity contribution in [1.29, 1.82) is 0 Å². The number of sulfonamides is 1. The van der Waals surface area contributed by atoms with E-state index in [1.807, 2.05) is 0 Å². The van der Waals surface area contributed by atoms with E-state index in [1.165, 1.54) is 16.4 Å². The van der Waals surface area contributed by atoms with Crippen LogP contribution in [0.4, 0.5) is 10.1 Å². The standard InChI is InChI=1S/C20H19FN4O5S/c21-15-5-9-17(10-6-15)31(28,29)25-11-1-2-14(12-25)19(26)22-16-7-3-13(4-8-16)18-23-20(27)30-24-18/h3-10,14H,1-2,11-12H2,(H,22,26)(H,23,24,27)/t14-/m0/s1. The topological polar surface area (TPSA) is 125 Å². The van der Waals surface area contributed by atoms with Crippen LogP contribution in [0.15, 0.2) is 62.7 Å². The van der Waals surface area contributed by atoms with E-state index in [9.17, 15) is 22.4 Å². The van der Waals surface area contributed by atoms with Crippen molar-refractivity contribution in [3.63, 3.8) is 0 Å². The van der Waals surface area contributed by atoms with Gasteiger partial charge in [-0.15, -0.1) is 0 Å².